The average molecular weight is 311 g/mol. The Bertz CT molecular complexity index is 210. The third kappa shape index (κ3) is 19.5. The maximum absolute atomic E-state index is 4.89. The van der Waals surface area contributed by atoms with Crippen LogP contribution in [-0.2, 0) is 4.74 Å². The van der Waals surface area contributed by atoms with Crippen molar-refractivity contribution in [1.29, 1.82) is 0 Å². The maximum Gasteiger partial charge on any atom is 0.0784 e. The van der Waals surface area contributed by atoms with E-state index in [0.717, 1.165) is 0 Å². The van der Waals surface area contributed by atoms with Crippen molar-refractivity contribution >= 4 is 0 Å². The third-order valence-electron chi connectivity index (χ3n) is 4.46. The van der Waals surface area contributed by atoms with Gasteiger partial charge in [0.2, 0.25) is 0 Å². The van der Waals surface area contributed by atoms with Crippen molar-refractivity contribution in [3.8, 4) is 0 Å². The minimum absolute atomic E-state index is 1.17. The van der Waals surface area contributed by atoms with Crippen LogP contribution in [0.25, 0.3) is 0 Å². The van der Waals surface area contributed by atoms with E-state index in [1.807, 2.05) is 0 Å². The molecule has 0 bridgehead atoms. The highest BCUT2D eigenvalue weighted by Crippen LogP contribution is 2.14. The molecule has 0 aromatic heterocycles. The molecule has 0 aliphatic rings. The largest absolute Gasteiger partial charge is 0.505 e. The first kappa shape index (κ1) is 21.5. The van der Waals surface area contributed by atoms with Gasteiger partial charge in [0.25, 0.3) is 0 Å². The lowest BCUT2D eigenvalue weighted by Crippen LogP contribution is -1.83. The van der Waals surface area contributed by atoms with Gasteiger partial charge in [-0.3, -0.25) is 0 Å². The minimum Gasteiger partial charge on any atom is -0.505 e. The summed E-state index contributed by atoms with van der Waals surface area (Å²) in [6.45, 7) is 2.29. The normalized spacial score (nSPS) is 11.4. The molecular weight excluding hydrogens is 268 g/mol. The summed E-state index contributed by atoms with van der Waals surface area (Å²) in [5, 5.41) is 0. The van der Waals surface area contributed by atoms with E-state index in [0.29, 0.717) is 0 Å². The van der Waals surface area contributed by atoms with Crippen molar-refractivity contribution in [2.24, 2.45) is 0 Å². The van der Waals surface area contributed by atoms with E-state index in [4.69, 9.17) is 4.74 Å². The van der Waals surface area contributed by atoms with Gasteiger partial charge in [-0.05, 0) is 18.9 Å². The molecule has 1 heteroatoms. The Morgan fingerprint density at radius 3 is 1.27 bits per heavy atom. The number of ether oxygens (including phenoxy) is 1. The fourth-order valence-corrected chi connectivity index (χ4v) is 2.97. The van der Waals surface area contributed by atoms with Crippen molar-refractivity contribution in [3.63, 3.8) is 0 Å². The van der Waals surface area contributed by atoms with E-state index in [1.165, 1.54) is 109 Å². The van der Waals surface area contributed by atoms with Gasteiger partial charge in [-0.15, -0.1) is 0 Å². The van der Waals surface area contributed by atoms with Crippen molar-refractivity contribution in [3.05, 3.63) is 12.3 Å². The zero-order chi connectivity index (χ0) is 16.1. The van der Waals surface area contributed by atoms with E-state index in [-0.39, 0.29) is 0 Å². The van der Waals surface area contributed by atoms with Crippen LogP contribution in [0.15, 0.2) is 12.3 Å². The van der Waals surface area contributed by atoms with Crippen LogP contribution in [0.3, 0.4) is 0 Å². The average Bonchev–Trinajstić information content (AvgIpc) is 2.54. The molecule has 0 aromatic rings. The Morgan fingerprint density at radius 2 is 0.909 bits per heavy atom. The topological polar surface area (TPSA) is 9.23 Å². The Hall–Kier alpha value is -0.460. The highest BCUT2D eigenvalue weighted by molar-refractivity contribution is 4.72. The Morgan fingerprint density at radius 1 is 0.545 bits per heavy atom. The molecule has 0 saturated heterocycles. The van der Waals surface area contributed by atoms with Gasteiger partial charge in [-0.25, -0.2) is 0 Å². The number of methoxy groups -OCH3 is 1. The second-order valence-electron chi connectivity index (χ2n) is 6.70. The van der Waals surface area contributed by atoms with Crippen LogP contribution in [0, 0.1) is 0 Å². The summed E-state index contributed by atoms with van der Waals surface area (Å²) in [5.74, 6) is 0. The van der Waals surface area contributed by atoms with Gasteiger partial charge in [0, 0.05) is 0 Å². The van der Waals surface area contributed by atoms with Gasteiger partial charge >= 0.3 is 0 Å². The fourth-order valence-electron chi connectivity index (χ4n) is 2.97. The van der Waals surface area contributed by atoms with Gasteiger partial charge in [0.15, 0.2) is 0 Å². The highest BCUT2D eigenvalue weighted by atomic mass is 16.5. The van der Waals surface area contributed by atoms with Crippen molar-refractivity contribution in [2.75, 3.05) is 7.11 Å². The number of hydrogen-bond acceptors (Lipinski definition) is 1. The lowest BCUT2D eigenvalue weighted by Gasteiger charge is -2.03. The van der Waals surface area contributed by atoms with Crippen LogP contribution in [0.5, 0.6) is 0 Å². The summed E-state index contributed by atoms with van der Waals surface area (Å²) in [6.07, 6.45) is 28.1. The van der Waals surface area contributed by atoms with E-state index in [1.54, 1.807) is 13.4 Å². The fraction of sp³-hybridized carbons (Fsp3) is 0.905. The van der Waals surface area contributed by atoms with E-state index in [9.17, 15) is 0 Å². The molecule has 0 rings (SSSR count). The molecule has 0 radical (unpaired) electrons. The standard InChI is InChI=1S/C21H42O/c1-3-4-5-6-7-8-9-10-11-12-13-14-15-16-17-18-19-20-21-22-2/h20-21H,3-19H2,1-2H3/b21-20+. The van der Waals surface area contributed by atoms with E-state index < -0.39 is 0 Å². The molecular formula is C21H42O. The third-order valence-corrected chi connectivity index (χ3v) is 4.46. The van der Waals surface area contributed by atoms with Crippen LogP contribution in [0.2, 0.25) is 0 Å². The summed E-state index contributed by atoms with van der Waals surface area (Å²) in [7, 11) is 1.71. The smallest absolute Gasteiger partial charge is 0.0784 e. The molecule has 0 heterocycles. The zero-order valence-corrected chi connectivity index (χ0v) is 15.6. The van der Waals surface area contributed by atoms with Gasteiger partial charge in [0.1, 0.15) is 0 Å². The zero-order valence-electron chi connectivity index (χ0n) is 15.6. The van der Waals surface area contributed by atoms with Crippen LogP contribution >= 0.6 is 0 Å². The molecule has 0 saturated carbocycles. The molecule has 0 fully saturated rings. The Labute approximate surface area is 140 Å². The Balaban J connectivity index is 2.95. The molecule has 1 nitrogen and oxygen atoms in total. The molecule has 0 aliphatic heterocycles. The number of allylic oxidation sites excluding steroid dienone is 1. The predicted octanol–water partition coefficient (Wildman–Crippen LogP) is 7.80. The van der Waals surface area contributed by atoms with Crippen molar-refractivity contribution in [1.82, 2.24) is 0 Å². The summed E-state index contributed by atoms with van der Waals surface area (Å²) >= 11 is 0. The SMILES string of the molecule is CCCCCCCCCCCCCCCCCC/C=C/OC. The van der Waals surface area contributed by atoms with E-state index in [2.05, 4.69) is 13.0 Å². The second-order valence-corrected chi connectivity index (χ2v) is 6.70. The first-order chi connectivity index (χ1) is 10.9. The summed E-state index contributed by atoms with van der Waals surface area (Å²) in [6, 6.07) is 0. The number of rotatable bonds is 18. The highest BCUT2D eigenvalue weighted by Gasteiger charge is 1.94. The van der Waals surface area contributed by atoms with Gasteiger partial charge < -0.3 is 4.74 Å². The molecule has 0 aromatic carbocycles. The van der Waals surface area contributed by atoms with Crippen LogP contribution in [0.1, 0.15) is 116 Å². The predicted molar refractivity (Wildman–Crippen MR) is 100 cm³/mol. The second kappa shape index (κ2) is 20.5. The first-order valence-electron chi connectivity index (χ1n) is 10.1. The molecule has 0 atom stereocenters. The van der Waals surface area contributed by atoms with E-state index >= 15 is 0 Å². The molecule has 0 unspecified atom stereocenters. The monoisotopic (exact) mass is 310 g/mol. The molecule has 0 spiro atoms. The number of hydrogen-bond donors (Lipinski definition) is 0. The lowest BCUT2D eigenvalue weighted by atomic mass is 10.0. The Kier molecular flexibility index (Phi) is 20.1. The minimum atomic E-state index is 1.17. The van der Waals surface area contributed by atoms with Crippen LogP contribution < -0.4 is 0 Å². The quantitative estimate of drug-likeness (QED) is 0.185. The molecule has 22 heavy (non-hydrogen) atoms. The molecule has 0 amide bonds. The first-order valence-corrected chi connectivity index (χ1v) is 10.1. The van der Waals surface area contributed by atoms with Crippen molar-refractivity contribution < 1.29 is 4.74 Å². The maximum atomic E-state index is 4.89. The van der Waals surface area contributed by atoms with Gasteiger partial charge in [-0.2, -0.15) is 0 Å². The molecule has 0 aliphatic carbocycles. The molecule has 132 valence electrons. The molecule has 0 N–H and O–H groups in total. The number of unbranched alkanes of at least 4 members (excludes halogenated alkanes) is 16. The lowest BCUT2D eigenvalue weighted by molar-refractivity contribution is 0.336. The van der Waals surface area contributed by atoms with Gasteiger partial charge in [0.05, 0.1) is 13.4 Å². The van der Waals surface area contributed by atoms with Crippen molar-refractivity contribution in [2.45, 2.75) is 116 Å². The summed E-state index contributed by atoms with van der Waals surface area (Å²) in [5.41, 5.74) is 0. The summed E-state index contributed by atoms with van der Waals surface area (Å²) < 4.78 is 4.89. The van der Waals surface area contributed by atoms with Crippen LogP contribution in [-0.4, -0.2) is 7.11 Å². The van der Waals surface area contributed by atoms with Gasteiger partial charge in [-0.1, -0.05) is 103 Å². The van der Waals surface area contributed by atoms with Crippen LogP contribution in [0.4, 0.5) is 0 Å². The summed E-state index contributed by atoms with van der Waals surface area (Å²) in [4.78, 5) is 0.